The minimum atomic E-state index is -0.342. The Morgan fingerprint density at radius 2 is 1.33 bits per heavy atom. The molecular weight excluding hydrogens is 216 g/mol. The minimum absolute atomic E-state index is 0.342. The van der Waals surface area contributed by atoms with Gasteiger partial charge < -0.3 is 8.37 Å². The summed E-state index contributed by atoms with van der Waals surface area (Å²) in [6.45, 7) is 3.98. The van der Waals surface area contributed by atoms with Crippen LogP contribution in [0.5, 0.6) is 0 Å². The van der Waals surface area contributed by atoms with Gasteiger partial charge in [0.05, 0.1) is 0 Å². The average molecular weight is 234 g/mol. The van der Waals surface area contributed by atoms with Gasteiger partial charge in [0, 0.05) is 12.8 Å². The van der Waals surface area contributed by atoms with Gasteiger partial charge in [-0.15, -0.1) is 0 Å². The second kappa shape index (κ2) is 9.83. The topological polar surface area (TPSA) is 52.6 Å². The third-order valence-corrected chi connectivity index (χ3v) is 2.23. The second-order valence-electron chi connectivity index (χ2n) is 3.19. The molecule has 0 fully saturated rings. The zero-order valence-corrected chi connectivity index (χ0v) is 10.1. The van der Waals surface area contributed by atoms with Crippen LogP contribution in [0.25, 0.3) is 0 Å². The number of carbonyl (C=O) groups is 2. The summed E-state index contributed by atoms with van der Waals surface area (Å²) in [6.07, 6.45) is 4.21. The summed E-state index contributed by atoms with van der Waals surface area (Å²) < 4.78 is 9.26. The monoisotopic (exact) mass is 234 g/mol. The Morgan fingerprint density at radius 3 is 1.67 bits per heavy atom. The molecule has 0 unspecified atom stereocenters. The quantitative estimate of drug-likeness (QED) is 0.604. The maximum absolute atomic E-state index is 11.0. The highest BCUT2D eigenvalue weighted by Gasteiger charge is 2.07. The SMILES string of the molecule is CCCCC(=O)OSOC(=O)CCCC. The molecule has 0 aliphatic carbocycles. The predicted molar refractivity (Wildman–Crippen MR) is 58.8 cm³/mol. The number of hydrogen-bond acceptors (Lipinski definition) is 5. The second-order valence-corrected chi connectivity index (χ2v) is 3.66. The molecule has 0 bridgehead atoms. The maximum atomic E-state index is 11.0. The summed E-state index contributed by atoms with van der Waals surface area (Å²) in [5, 5.41) is 0. The van der Waals surface area contributed by atoms with Crippen LogP contribution in [0.1, 0.15) is 52.4 Å². The summed E-state index contributed by atoms with van der Waals surface area (Å²) in [5.41, 5.74) is 0. The zero-order valence-electron chi connectivity index (χ0n) is 9.28. The van der Waals surface area contributed by atoms with Crippen molar-refractivity contribution < 1.29 is 18.0 Å². The first-order valence-electron chi connectivity index (χ1n) is 5.27. The standard InChI is InChI=1S/C10H18O4S/c1-3-5-7-9(11)13-15-14-10(12)8-6-4-2/h3-8H2,1-2H3. The van der Waals surface area contributed by atoms with Gasteiger partial charge in [-0.2, -0.15) is 0 Å². The number of carbonyl (C=O) groups excluding carboxylic acids is 2. The van der Waals surface area contributed by atoms with Gasteiger partial charge in [-0.1, -0.05) is 26.7 Å². The van der Waals surface area contributed by atoms with Crippen molar-refractivity contribution in [3.63, 3.8) is 0 Å². The molecule has 0 saturated carbocycles. The lowest BCUT2D eigenvalue weighted by Gasteiger charge is -2.01. The first kappa shape index (κ1) is 14.3. The number of unbranched alkanes of at least 4 members (excludes halogenated alkanes) is 2. The van der Waals surface area contributed by atoms with E-state index in [0.29, 0.717) is 25.2 Å². The van der Waals surface area contributed by atoms with Gasteiger partial charge in [0.25, 0.3) is 12.3 Å². The van der Waals surface area contributed by atoms with Crippen LogP contribution in [0.15, 0.2) is 0 Å². The summed E-state index contributed by atoms with van der Waals surface area (Å²) in [6, 6.07) is 0. The summed E-state index contributed by atoms with van der Waals surface area (Å²) in [7, 11) is 0. The highest BCUT2D eigenvalue weighted by molar-refractivity contribution is 7.90. The van der Waals surface area contributed by atoms with E-state index in [4.69, 9.17) is 0 Å². The Balaban J connectivity index is 3.36. The molecule has 15 heavy (non-hydrogen) atoms. The Morgan fingerprint density at radius 1 is 0.933 bits per heavy atom. The lowest BCUT2D eigenvalue weighted by atomic mass is 10.3. The van der Waals surface area contributed by atoms with Gasteiger partial charge >= 0.3 is 11.9 Å². The number of rotatable bonds is 8. The smallest absolute Gasteiger partial charge is 0.320 e. The lowest BCUT2D eigenvalue weighted by Crippen LogP contribution is -2.02. The molecule has 0 heterocycles. The molecule has 0 atom stereocenters. The van der Waals surface area contributed by atoms with E-state index in [9.17, 15) is 9.59 Å². The van der Waals surface area contributed by atoms with Gasteiger partial charge in [-0.3, -0.25) is 9.59 Å². The van der Waals surface area contributed by atoms with Crippen LogP contribution < -0.4 is 0 Å². The third-order valence-electron chi connectivity index (χ3n) is 1.72. The molecule has 0 aliphatic rings. The molecular formula is C10H18O4S. The van der Waals surface area contributed by atoms with Crippen molar-refractivity contribution in [3.8, 4) is 0 Å². The van der Waals surface area contributed by atoms with Gasteiger partial charge in [0.15, 0.2) is 0 Å². The summed E-state index contributed by atoms with van der Waals surface area (Å²) in [5.74, 6) is -0.685. The fourth-order valence-corrected chi connectivity index (χ4v) is 1.17. The van der Waals surface area contributed by atoms with Crippen LogP contribution in [-0.2, 0) is 18.0 Å². The molecule has 4 nitrogen and oxygen atoms in total. The molecule has 0 aromatic heterocycles. The molecule has 88 valence electrons. The van der Waals surface area contributed by atoms with Crippen molar-refractivity contribution in [2.24, 2.45) is 0 Å². The van der Waals surface area contributed by atoms with E-state index in [1.807, 2.05) is 13.8 Å². The lowest BCUT2D eigenvalue weighted by molar-refractivity contribution is -0.136. The largest absolute Gasteiger partial charge is 0.355 e. The van der Waals surface area contributed by atoms with Gasteiger partial charge in [-0.05, 0) is 12.8 Å². The van der Waals surface area contributed by atoms with Crippen LogP contribution in [0, 0.1) is 0 Å². The summed E-state index contributed by atoms with van der Waals surface area (Å²) >= 11 is 0.471. The Hall–Kier alpha value is -0.710. The first-order chi connectivity index (χ1) is 7.20. The van der Waals surface area contributed by atoms with Crippen LogP contribution in [0.4, 0.5) is 0 Å². The van der Waals surface area contributed by atoms with Crippen molar-refractivity contribution in [1.82, 2.24) is 0 Å². The van der Waals surface area contributed by atoms with Crippen molar-refractivity contribution in [2.75, 3.05) is 0 Å². The van der Waals surface area contributed by atoms with Crippen molar-refractivity contribution >= 4 is 24.3 Å². The third kappa shape index (κ3) is 9.59. The van der Waals surface area contributed by atoms with Crippen LogP contribution in [0.2, 0.25) is 0 Å². The number of hydrogen-bond donors (Lipinski definition) is 0. The highest BCUT2D eigenvalue weighted by Crippen LogP contribution is 2.10. The van der Waals surface area contributed by atoms with E-state index in [2.05, 4.69) is 8.37 Å². The van der Waals surface area contributed by atoms with Crippen LogP contribution >= 0.6 is 12.3 Å². The van der Waals surface area contributed by atoms with Gasteiger partial charge in [0.1, 0.15) is 0 Å². The van der Waals surface area contributed by atoms with E-state index >= 15 is 0 Å². The molecule has 5 heteroatoms. The van der Waals surface area contributed by atoms with Crippen molar-refractivity contribution in [1.29, 1.82) is 0 Å². The maximum Gasteiger partial charge on any atom is 0.320 e. The van der Waals surface area contributed by atoms with Crippen LogP contribution in [0.3, 0.4) is 0 Å². The molecule has 0 amide bonds. The average Bonchev–Trinajstić information content (AvgIpc) is 2.23. The molecule has 0 spiro atoms. The van der Waals surface area contributed by atoms with E-state index in [1.165, 1.54) is 0 Å². The minimum Gasteiger partial charge on any atom is -0.355 e. The predicted octanol–water partition coefficient (Wildman–Crippen LogP) is 3.02. The van der Waals surface area contributed by atoms with E-state index < -0.39 is 0 Å². The van der Waals surface area contributed by atoms with Gasteiger partial charge in [0.2, 0.25) is 0 Å². The molecule has 0 aliphatic heterocycles. The molecule has 0 radical (unpaired) electrons. The fourth-order valence-electron chi connectivity index (χ4n) is 0.818. The summed E-state index contributed by atoms with van der Waals surface area (Å²) in [4.78, 5) is 21.9. The Labute approximate surface area is 95.1 Å². The Kier molecular flexibility index (Phi) is 9.36. The first-order valence-corrected chi connectivity index (χ1v) is 5.94. The van der Waals surface area contributed by atoms with E-state index in [1.54, 1.807) is 0 Å². The molecule has 0 saturated heterocycles. The van der Waals surface area contributed by atoms with Crippen molar-refractivity contribution in [2.45, 2.75) is 52.4 Å². The van der Waals surface area contributed by atoms with E-state index in [-0.39, 0.29) is 11.9 Å². The van der Waals surface area contributed by atoms with E-state index in [0.717, 1.165) is 25.7 Å². The molecule has 0 aromatic carbocycles. The molecule has 0 N–H and O–H groups in total. The van der Waals surface area contributed by atoms with Crippen LogP contribution in [-0.4, -0.2) is 11.9 Å². The fraction of sp³-hybridized carbons (Fsp3) is 0.800. The molecule has 0 aromatic rings. The van der Waals surface area contributed by atoms with Gasteiger partial charge in [-0.25, -0.2) is 0 Å². The Bertz CT molecular complexity index is 174. The molecule has 0 rings (SSSR count). The highest BCUT2D eigenvalue weighted by atomic mass is 32.2. The van der Waals surface area contributed by atoms with Crippen molar-refractivity contribution in [3.05, 3.63) is 0 Å². The zero-order chi connectivity index (χ0) is 11.5. The normalized spacial score (nSPS) is 9.73.